The van der Waals surface area contributed by atoms with Crippen LogP contribution in [-0.4, -0.2) is 56.2 Å². The number of hydrogen-bond donors (Lipinski definition) is 0. The van der Waals surface area contributed by atoms with E-state index in [0.29, 0.717) is 28.1 Å². The monoisotopic (exact) mass is 446 g/mol. The van der Waals surface area contributed by atoms with Gasteiger partial charge in [-0.05, 0) is 54.2 Å². The van der Waals surface area contributed by atoms with Gasteiger partial charge in [-0.3, -0.25) is 9.69 Å². The summed E-state index contributed by atoms with van der Waals surface area (Å²) in [5.74, 6) is 3.02. The van der Waals surface area contributed by atoms with E-state index in [-0.39, 0.29) is 17.3 Å². The lowest BCUT2D eigenvalue weighted by Crippen LogP contribution is -2.33. The number of thioether (sulfide) groups is 1. The number of nitrogens with zero attached hydrogens (tertiary/aromatic N) is 2. The molecule has 2 aliphatic heterocycles. The van der Waals surface area contributed by atoms with Crippen molar-refractivity contribution < 1.29 is 23.7 Å². The van der Waals surface area contributed by atoms with Crippen LogP contribution in [0.3, 0.4) is 0 Å². The van der Waals surface area contributed by atoms with Crippen molar-refractivity contribution in [1.82, 2.24) is 4.90 Å². The number of carbonyl (C=O) groups is 1. The third kappa shape index (κ3) is 3.22. The van der Waals surface area contributed by atoms with E-state index in [1.165, 1.54) is 0 Å². The lowest BCUT2D eigenvalue weighted by Gasteiger charge is -2.26. The van der Waals surface area contributed by atoms with Crippen LogP contribution in [0.25, 0.3) is 0 Å². The van der Waals surface area contributed by atoms with Gasteiger partial charge in [0.05, 0.1) is 34.1 Å². The van der Waals surface area contributed by atoms with Crippen LogP contribution in [0.1, 0.15) is 10.9 Å². The first-order valence-electron chi connectivity index (χ1n) is 9.25. The lowest BCUT2D eigenvalue weighted by molar-refractivity contribution is -0.119. The summed E-state index contributed by atoms with van der Waals surface area (Å²) in [6.07, 6.45) is 0. The maximum Gasteiger partial charge on any atom is 0.257 e. The van der Waals surface area contributed by atoms with E-state index < -0.39 is 0 Å². The molecule has 0 spiro atoms. The highest BCUT2D eigenvalue weighted by atomic mass is 32.2. The number of fused-ring (bicyclic) bond motifs is 1. The first kappa shape index (κ1) is 20.6. The second-order valence-corrected chi connectivity index (χ2v) is 8.20. The van der Waals surface area contributed by atoms with E-state index in [2.05, 4.69) is 0 Å². The smallest absolute Gasteiger partial charge is 0.257 e. The van der Waals surface area contributed by atoms with Crippen molar-refractivity contribution in [3.8, 4) is 23.0 Å². The molecule has 2 atom stereocenters. The molecular formula is C21H22N2O5S2. The van der Waals surface area contributed by atoms with Gasteiger partial charge in [-0.15, -0.1) is 11.8 Å². The highest BCUT2D eigenvalue weighted by Gasteiger charge is 2.51. The van der Waals surface area contributed by atoms with Crippen LogP contribution in [0.4, 0.5) is 5.69 Å². The lowest BCUT2D eigenvalue weighted by atomic mass is 10.1. The molecule has 158 valence electrons. The first-order valence-corrected chi connectivity index (χ1v) is 10.7. The van der Waals surface area contributed by atoms with Crippen molar-refractivity contribution in [3.05, 3.63) is 42.0 Å². The standard InChI is InChI=1S/C21H22N2O5S2/c1-25-14-7-5-13(6-8-14)22-19(24)15-11-30-20(23(15)21(22)29)12-9-16(26-2)18(28-4)17(10-12)27-3/h5-10,15,20H,11H2,1-4H3/t15-,20+/m0/s1. The molecule has 2 heterocycles. The molecule has 0 radical (unpaired) electrons. The van der Waals surface area contributed by atoms with Crippen LogP contribution in [0.2, 0.25) is 0 Å². The number of hydrogen-bond acceptors (Lipinski definition) is 7. The number of carbonyl (C=O) groups excluding carboxylic acids is 1. The van der Waals surface area contributed by atoms with Gasteiger partial charge >= 0.3 is 0 Å². The summed E-state index contributed by atoms with van der Waals surface area (Å²) < 4.78 is 21.6. The zero-order chi connectivity index (χ0) is 21.4. The quantitative estimate of drug-likeness (QED) is 0.626. The third-order valence-electron chi connectivity index (χ3n) is 5.22. The van der Waals surface area contributed by atoms with E-state index in [1.54, 1.807) is 45.1 Å². The summed E-state index contributed by atoms with van der Waals surface area (Å²) in [6, 6.07) is 10.8. The van der Waals surface area contributed by atoms with E-state index in [0.717, 1.165) is 17.0 Å². The molecule has 2 aromatic carbocycles. The topological polar surface area (TPSA) is 60.5 Å². The Hall–Kier alpha value is -2.65. The molecule has 0 unspecified atom stereocenters. The molecule has 7 nitrogen and oxygen atoms in total. The van der Waals surface area contributed by atoms with Crippen LogP contribution in [0, 0.1) is 0 Å². The Kier molecular flexibility index (Phi) is 5.66. The van der Waals surface area contributed by atoms with Gasteiger partial charge in [0, 0.05) is 5.75 Å². The minimum absolute atomic E-state index is 0.0207. The van der Waals surface area contributed by atoms with Crippen molar-refractivity contribution in [2.24, 2.45) is 0 Å². The minimum Gasteiger partial charge on any atom is -0.497 e. The number of benzene rings is 2. The molecule has 1 amide bonds. The van der Waals surface area contributed by atoms with Gasteiger partial charge in [-0.25, -0.2) is 0 Å². The summed E-state index contributed by atoms with van der Waals surface area (Å²) in [5, 5.41) is 0.349. The Labute approximate surface area is 184 Å². The number of anilines is 1. The van der Waals surface area contributed by atoms with Gasteiger partial charge in [0.2, 0.25) is 5.75 Å². The van der Waals surface area contributed by atoms with Gasteiger partial charge < -0.3 is 23.8 Å². The Morgan fingerprint density at radius 3 is 2.13 bits per heavy atom. The Bertz CT molecular complexity index is 957. The van der Waals surface area contributed by atoms with Crippen molar-refractivity contribution in [1.29, 1.82) is 0 Å². The van der Waals surface area contributed by atoms with E-state index in [1.807, 2.05) is 41.3 Å². The average Bonchev–Trinajstić information content (AvgIpc) is 3.32. The van der Waals surface area contributed by atoms with Crippen LogP contribution >= 0.6 is 24.0 Å². The SMILES string of the molecule is COc1ccc(N2C(=O)[C@@H]3CS[C@H](c4cc(OC)c(OC)c(OC)c4)N3C2=S)cc1. The molecule has 2 fully saturated rings. The van der Waals surface area contributed by atoms with E-state index in [4.69, 9.17) is 31.2 Å². The van der Waals surface area contributed by atoms with Gasteiger partial charge in [-0.1, -0.05) is 0 Å². The van der Waals surface area contributed by atoms with Crippen LogP contribution < -0.4 is 23.8 Å². The normalized spacial score (nSPS) is 20.4. The molecule has 2 aliphatic rings. The minimum atomic E-state index is -0.311. The largest absolute Gasteiger partial charge is 0.497 e. The summed E-state index contributed by atoms with van der Waals surface area (Å²) in [7, 11) is 6.35. The van der Waals surface area contributed by atoms with E-state index in [9.17, 15) is 4.79 Å². The molecule has 4 rings (SSSR count). The Morgan fingerprint density at radius 1 is 0.967 bits per heavy atom. The molecule has 0 bridgehead atoms. The molecule has 2 aromatic rings. The second kappa shape index (κ2) is 8.23. The number of rotatable bonds is 6. The van der Waals surface area contributed by atoms with Gasteiger partial charge in [0.1, 0.15) is 17.2 Å². The summed E-state index contributed by atoms with van der Waals surface area (Å²) >= 11 is 7.41. The van der Waals surface area contributed by atoms with Gasteiger partial charge in [0.25, 0.3) is 5.91 Å². The fourth-order valence-electron chi connectivity index (χ4n) is 3.76. The molecule has 2 saturated heterocycles. The van der Waals surface area contributed by atoms with Crippen molar-refractivity contribution >= 4 is 40.7 Å². The zero-order valence-electron chi connectivity index (χ0n) is 17.1. The maximum atomic E-state index is 13.2. The molecule has 0 N–H and O–H groups in total. The van der Waals surface area contributed by atoms with Gasteiger partial charge in [-0.2, -0.15) is 0 Å². The van der Waals surface area contributed by atoms with Crippen LogP contribution in [0.15, 0.2) is 36.4 Å². The number of thiocarbonyl (C=S) groups is 1. The number of ether oxygens (including phenoxy) is 4. The number of methoxy groups -OCH3 is 4. The molecule has 0 saturated carbocycles. The highest BCUT2D eigenvalue weighted by molar-refractivity contribution is 7.99. The van der Waals surface area contributed by atoms with Crippen molar-refractivity contribution in [2.75, 3.05) is 39.1 Å². The van der Waals surface area contributed by atoms with Crippen LogP contribution in [-0.2, 0) is 4.79 Å². The first-order chi connectivity index (χ1) is 14.5. The van der Waals surface area contributed by atoms with Crippen molar-refractivity contribution in [3.63, 3.8) is 0 Å². The number of amides is 1. The maximum absolute atomic E-state index is 13.2. The summed E-state index contributed by atoms with van der Waals surface area (Å²) in [6.45, 7) is 0. The summed E-state index contributed by atoms with van der Waals surface area (Å²) in [4.78, 5) is 16.8. The third-order valence-corrected chi connectivity index (χ3v) is 6.94. The Morgan fingerprint density at radius 2 is 1.60 bits per heavy atom. The molecule has 0 aliphatic carbocycles. The molecule has 30 heavy (non-hydrogen) atoms. The molecule has 9 heteroatoms. The highest BCUT2D eigenvalue weighted by Crippen LogP contribution is 2.49. The Balaban J connectivity index is 1.69. The predicted molar refractivity (Wildman–Crippen MR) is 120 cm³/mol. The summed E-state index contributed by atoms with van der Waals surface area (Å²) in [5.41, 5.74) is 1.66. The molecular weight excluding hydrogens is 424 g/mol. The van der Waals surface area contributed by atoms with E-state index >= 15 is 0 Å². The second-order valence-electron chi connectivity index (χ2n) is 6.72. The fraction of sp³-hybridized carbons (Fsp3) is 0.333. The average molecular weight is 447 g/mol. The van der Waals surface area contributed by atoms with Crippen molar-refractivity contribution in [2.45, 2.75) is 11.4 Å². The molecule has 0 aromatic heterocycles. The fourth-order valence-corrected chi connectivity index (χ4v) is 5.66. The van der Waals surface area contributed by atoms with Crippen LogP contribution in [0.5, 0.6) is 23.0 Å². The zero-order valence-corrected chi connectivity index (χ0v) is 18.7. The predicted octanol–water partition coefficient (Wildman–Crippen LogP) is 3.47. The van der Waals surface area contributed by atoms with Gasteiger partial charge in [0.15, 0.2) is 16.6 Å².